The molecule has 0 bridgehead atoms. The second-order valence-electron chi connectivity index (χ2n) is 6.00. The van der Waals surface area contributed by atoms with Crippen LogP contribution in [0.4, 0.5) is 0 Å². The summed E-state index contributed by atoms with van der Waals surface area (Å²) in [6.45, 7) is 7.31. The van der Waals surface area contributed by atoms with Crippen molar-refractivity contribution < 1.29 is 4.74 Å². The largest absolute Gasteiger partial charge is 0.379 e. The van der Waals surface area contributed by atoms with Crippen LogP contribution in [0.15, 0.2) is 24.3 Å². The van der Waals surface area contributed by atoms with Crippen LogP contribution in [-0.4, -0.2) is 44.3 Å². The van der Waals surface area contributed by atoms with E-state index in [1.165, 1.54) is 36.9 Å². The van der Waals surface area contributed by atoms with Crippen molar-refractivity contribution >= 4 is 0 Å². The van der Waals surface area contributed by atoms with Crippen molar-refractivity contribution in [2.75, 3.05) is 39.4 Å². The molecule has 0 radical (unpaired) electrons. The third-order valence-corrected chi connectivity index (χ3v) is 4.26. The van der Waals surface area contributed by atoms with Gasteiger partial charge in [-0.15, -0.1) is 0 Å². The minimum Gasteiger partial charge on any atom is -0.379 e. The number of hydrogen-bond donors (Lipinski definition) is 1. The molecule has 20 heavy (non-hydrogen) atoms. The van der Waals surface area contributed by atoms with E-state index in [1.54, 1.807) is 0 Å². The quantitative estimate of drug-likeness (QED) is 0.773. The van der Waals surface area contributed by atoms with Crippen LogP contribution in [0.2, 0.25) is 0 Å². The van der Waals surface area contributed by atoms with Gasteiger partial charge in [0, 0.05) is 19.6 Å². The number of nitrogens with zero attached hydrogens (tertiary/aromatic N) is 1. The third kappa shape index (κ3) is 4.30. The highest BCUT2D eigenvalue weighted by Gasteiger charge is 2.23. The molecule has 1 saturated carbocycles. The molecule has 0 spiro atoms. The molecule has 2 fully saturated rings. The Hall–Kier alpha value is -0.900. The molecule has 1 aliphatic heterocycles. The van der Waals surface area contributed by atoms with Crippen LogP contribution in [0.3, 0.4) is 0 Å². The van der Waals surface area contributed by atoms with Gasteiger partial charge in [-0.2, -0.15) is 0 Å². The van der Waals surface area contributed by atoms with Gasteiger partial charge in [0.05, 0.1) is 13.2 Å². The van der Waals surface area contributed by atoms with E-state index in [9.17, 15) is 0 Å². The maximum absolute atomic E-state index is 5.36. The number of benzene rings is 1. The predicted molar refractivity (Wildman–Crippen MR) is 82.0 cm³/mol. The molecule has 1 saturated heterocycles. The first kappa shape index (κ1) is 14.1. The number of nitrogens with one attached hydrogen (secondary N) is 1. The summed E-state index contributed by atoms with van der Waals surface area (Å²) in [6, 6.07) is 9.10. The van der Waals surface area contributed by atoms with Gasteiger partial charge in [0.2, 0.25) is 0 Å². The van der Waals surface area contributed by atoms with Crippen molar-refractivity contribution in [1.82, 2.24) is 10.2 Å². The zero-order chi connectivity index (χ0) is 13.6. The lowest BCUT2D eigenvalue weighted by atomic mass is 10.1. The summed E-state index contributed by atoms with van der Waals surface area (Å²) in [5.74, 6) is 0.858. The first-order valence-corrected chi connectivity index (χ1v) is 8.01. The molecule has 1 N–H and O–H groups in total. The van der Waals surface area contributed by atoms with Gasteiger partial charge in [-0.1, -0.05) is 24.3 Å². The minimum absolute atomic E-state index is 0.858. The van der Waals surface area contributed by atoms with E-state index in [0.29, 0.717) is 0 Å². The van der Waals surface area contributed by atoms with Gasteiger partial charge in [-0.05, 0) is 49.4 Å². The van der Waals surface area contributed by atoms with Crippen molar-refractivity contribution in [3.05, 3.63) is 35.4 Å². The van der Waals surface area contributed by atoms with Crippen molar-refractivity contribution in [2.45, 2.75) is 31.7 Å². The zero-order valence-corrected chi connectivity index (χ0v) is 12.3. The second-order valence-corrected chi connectivity index (χ2v) is 6.00. The van der Waals surface area contributed by atoms with Crippen LogP contribution in [0, 0.1) is 0 Å². The molecule has 0 atom stereocenters. The smallest absolute Gasteiger partial charge is 0.0594 e. The molecule has 3 nitrogen and oxygen atoms in total. The summed E-state index contributed by atoms with van der Waals surface area (Å²) >= 11 is 0. The first-order valence-electron chi connectivity index (χ1n) is 8.01. The molecule has 0 amide bonds. The Morgan fingerprint density at radius 3 is 2.85 bits per heavy atom. The molecule has 2 aliphatic rings. The zero-order valence-electron chi connectivity index (χ0n) is 12.3. The van der Waals surface area contributed by atoms with Gasteiger partial charge >= 0.3 is 0 Å². The molecule has 1 aromatic rings. The van der Waals surface area contributed by atoms with E-state index in [4.69, 9.17) is 4.74 Å². The van der Waals surface area contributed by atoms with E-state index in [1.807, 2.05) is 0 Å². The Morgan fingerprint density at radius 2 is 2.05 bits per heavy atom. The van der Waals surface area contributed by atoms with Crippen LogP contribution in [0.1, 0.15) is 36.3 Å². The normalized spacial score (nSPS) is 20.2. The summed E-state index contributed by atoms with van der Waals surface area (Å²) < 4.78 is 5.36. The number of ether oxygens (including phenoxy) is 1. The fraction of sp³-hybridized carbons (Fsp3) is 0.647. The second kappa shape index (κ2) is 7.21. The summed E-state index contributed by atoms with van der Waals surface area (Å²) in [5.41, 5.74) is 2.97. The van der Waals surface area contributed by atoms with Gasteiger partial charge in [0.25, 0.3) is 0 Å². The monoisotopic (exact) mass is 274 g/mol. The Morgan fingerprint density at radius 1 is 1.20 bits per heavy atom. The Balaban J connectivity index is 1.32. The third-order valence-electron chi connectivity index (χ3n) is 4.26. The predicted octanol–water partition coefficient (Wildman–Crippen LogP) is 2.38. The fourth-order valence-electron chi connectivity index (χ4n) is 2.86. The van der Waals surface area contributed by atoms with E-state index in [2.05, 4.69) is 34.5 Å². The lowest BCUT2D eigenvalue weighted by Gasteiger charge is -2.26. The average Bonchev–Trinajstić information content (AvgIpc) is 3.33. The highest BCUT2D eigenvalue weighted by molar-refractivity contribution is 5.29. The standard InChI is InChI=1S/C17H26N2O/c1-3-15(13-17(4-1)16-5-6-16)14-18-7-2-8-19-9-11-20-12-10-19/h1,3-4,13,16,18H,2,5-12,14H2. The highest BCUT2D eigenvalue weighted by Crippen LogP contribution is 2.40. The molecule has 110 valence electrons. The molecule has 3 rings (SSSR count). The molecule has 0 aromatic heterocycles. The van der Waals surface area contributed by atoms with E-state index in [0.717, 1.165) is 45.3 Å². The van der Waals surface area contributed by atoms with Gasteiger partial charge < -0.3 is 10.1 Å². The topological polar surface area (TPSA) is 24.5 Å². The maximum Gasteiger partial charge on any atom is 0.0594 e. The Labute approximate surface area is 122 Å². The van der Waals surface area contributed by atoms with Crippen LogP contribution in [0.5, 0.6) is 0 Å². The van der Waals surface area contributed by atoms with Gasteiger partial charge in [0.1, 0.15) is 0 Å². The fourth-order valence-corrected chi connectivity index (χ4v) is 2.86. The van der Waals surface area contributed by atoms with E-state index < -0.39 is 0 Å². The summed E-state index contributed by atoms with van der Waals surface area (Å²) in [7, 11) is 0. The SMILES string of the molecule is c1cc(CNCCCN2CCOCC2)cc(C2CC2)c1. The van der Waals surface area contributed by atoms with Crippen LogP contribution in [-0.2, 0) is 11.3 Å². The first-order chi connectivity index (χ1) is 9.92. The van der Waals surface area contributed by atoms with Crippen LogP contribution < -0.4 is 5.32 Å². The van der Waals surface area contributed by atoms with Crippen molar-refractivity contribution in [3.8, 4) is 0 Å². The van der Waals surface area contributed by atoms with Gasteiger partial charge in [-0.3, -0.25) is 4.90 Å². The van der Waals surface area contributed by atoms with Gasteiger partial charge in [-0.25, -0.2) is 0 Å². The Bertz CT molecular complexity index is 411. The van der Waals surface area contributed by atoms with Crippen molar-refractivity contribution in [2.24, 2.45) is 0 Å². The number of hydrogen-bond acceptors (Lipinski definition) is 3. The molecular formula is C17H26N2O. The number of rotatable bonds is 7. The summed E-state index contributed by atoms with van der Waals surface area (Å²) in [4.78, 5) is 2.50. The van der Waals surface area contributed by atoms with Crippen molar-refractivity contribution in [1.29, 1.82) is 0 Å². The lowest BCUT2D eigenvalue weighted by molar-refractivity contribution is 0.0374. The van der Waals surface area contributed by atoms with Crippen LogP contribution in [0.25, 0.3) is 0 Å². The summed E-state index contributed by atoms with van der Waals surface area (Å²) in [6.07, 6.45) is 4.00. The summed E-state index contributed by atoms with van der Waals surface area (Å²) in [5, 5.41) is 3.57. The molecular weight excluding hydrogens is 248 g/mol. The van der Waals surface area contributed by atoms with Crippen LogP contribution >= 0.6 is 0 Å². The molecule has 1 aliphatic carbocycles. The lowest BCUT2D eigenvalue weighted by Crippen LogP contribution is -2.37. The molecule has 1 aromatic carbocycles. The van der Waals surface area contributed by atoms with Crippen molar-refractivity contribution in [3.63, 3.8) is 0 Å². The average molecular weight is 274 g/mol. The number of morpholine rings is 1. The maximum atomic E-state index is 5.36. The van der Waals surface area contributed by atoms with E-state index in [-0.39, 0.29) is 0 Å². The Kier molecular flexibility index (Phi) is 5.06. The minimum atomic E-state index is 0.858. The molecule has 1 heterocycles. The molecule has 3 heteroatoms. The highest BCUT2D eigenvalue weighted by atomic mass is 16.5. The van der Waals surface area contributed by atoms with Gasteiger partial charge in [0.15, 0.2) is 0 Å². The van der Waals surface area contributed by atoms with E-state index >= 15 is 0 Å². The molecule has 0 unspecified atom stereocenters.